The molecule has 4 N–H and O–H groups in total. The number of nitrogen functional groups attached to an aromatic ring is 1. The highest BCUT2D eigenvalue weighted by Crippen LogP contribution is 2.20. The second kappa shape index (κ2) is 10.2. The van der Waals surface area contributed by atoms with Crippen molar-refractivity contribution in [1.82, 2.24) is 30.0 Å². The van der Waals surface area contributed by atoms with E-state index < -0.39 is 0 Å². The van der Waals surface area contributed by atoms with Crippen LogP contribution in [-0.4, -0.2) is 42.2 Å². The lowest BCUT2D eigenvalue weighted by Gasteiger charge is -2.11. The number of hydrogen-bond donors (Lipinski definition) is 3. The van der Waals surface area contributed by atoms with Crippen molar-refractivity contribution in [2.75, 3.05) is 16.9 Å². The molecule has 2 aromatic carbocycles. The van der Waals surface area contributed by atoms with Crippen molar-refractivity contribution in [3.63, 3.8) is 0 Å². The molecule has 2 amide bonds. The van der Waals surface area contributed by atoms with E-state index in [2.05, 4.69) is 25.9 Å². The van der Waals surface area contributed by atoms with Gasteiger partial charge in [0.15, 0.2) is 0 Å². The molecule has 0 aliphatic heterocycles. The zero-order valence-electron chi connectivity index (χ0n) is 18.7. The van der Waals surface area contributed by atoms with Gasteiger partial charge in [-0.05, 0) is 37.6 Å². The van der Waals surface area contributed by atoms with Crippen molar-refractivity contribution < 1.29 is 9.59 Å². The van der Waals surface area contributed by atoms with Crippen molar-refractivity contribution in [2.45, 2.75) is 25.5 Å². The molecule has 0 unspecified atom stereocenters. The number of nitrogens with two attached hydrogens (primary N) is 1. The number of aromatic nitrogens is 5. The second-order valence-electron chi connectivity index (χ2n) is 7.54. The SMILES string of the molecule is Cc1cc(C)n(-c2nnc(SCC(=O)Nc3ccccc3C(=O)NCc3ccccc3)n2N)n1. The van der Waals surface area contributed by atoms with Crippen LogP contribution in [0.3, 0.4) is 0 Å². The first-order valence-corrected chi connectivity index (χ1v) is 11.5. The molecule has 10 nitrogen and oxygen atoms in total. The maximum atomic E-state index is 12.7. The van der Waals surface area contributed by atoms with Crippen LogP contribution < -0.4 is 16.5 Å². The third kappa shape index (κ3) is 5.26. The van der Waals surface area contributed by atoms with E-state index in [4.69, 9.17) is 5.84 Å². The molecule has 0 aliphatic carbocycles. The number of hydrogen-bond acceptors (Lipinski definition) is 7. The maximum Gasteiger partial charge on any atom is 0.271 e. The molecule has 0 bridgehead atoms. The Morgan fingerprint density at radius 2 is 1.76 bits per heavy atom. The van der Waals surface area contributed by atoms with Crippen LogP contribution in [0.5, 0.6) is 0 Å². The van der Waals surface area contributed by atoms with E-state index in [9.17, 15) is 9.59 Å². The van der Waals surface area contributed by atoms with Crippen LogP contribution in [0.1, 0.15) is 27.3 Å². The molecule has 0 saturated carbocycles. The molecule has 4 aromatic rings. The van der Waals surface area contributed by atoms with E-state index in [1.807, 2.05) is 50.2 Å². The van der Waals surface area contributed by atoms with Crippen LogP contribution in [0, 0.1) is 13.8 Å². The van der Waals surface area contributed by atoms with Crippen LogP contribution in [-0.2, 0) is 11.3 Å². The molecule has 0 spiro atoms. The van der Waals surface area contributed by atoms with Crippen LogP contribution in [0.15, 0.2) is 65.8 Å². The Bertz CT molecular complexity index is 1320. The summed E-state index contributed by atoms with van der Waals surface area (Å²) < 4.78 is 2.89. The Kier molecular flexibility index (Phi) is 6.93. The fourth-order valence-electron chi connectivity index (χ4n) is 3.32. The number of amides is 2. The highest BCUT2D eigenvalue weighted by Gasteiger charge is 2.17. The summed E-state index contributed by atoms with van der Waals surface area (Å²) in [5, 5.41) is 18.5. The number of aryl methyl sites for hydroxylation is 2. The average Bonchev–Trinajstić information content (AvgIpc) is 3.37. The summed E-state index contributed by atoms with van der Waals surface area (Å²) in [6.07, 6.45) is 0. The number of carbonyl (C=O) groups excluding carboxylic acids is 2. The van der Waals surface area contributed by atoms with Crippen LogP contribution in [0.2, 0.25) is 0 Å². The average molecular weight is 477 g/mol. The number of anilines is 1. The quantitative estimate of drug-likeness (QED) is 0.263. The van der Waals surface area contributed by atoms with Gasteiger partial charge in [-0.1, -0.05) is 54.2 Å². The van der Waals surface area contributed by atoms with Gasteiger partial charge in [0.25, 0.3) is 11.9 Å². The second-order valence-corrected chi connectivity index (χ2v) is 8.48. The minimum Gasteiger partial charge on any atom is -0.348 e. The van der Waals surface area contributed by atoms with Gasteiger partial charge in [0.05, 0.1) is 22.7 Å². The monoisotopic (exact) mass is 476 g/mol. The predicted octanol–water partition coefficient (Wildman–Crippen LogP) is 2.46. The standard InChI is InChI=1S/C23H24N8O2S/c1-15-12-16(2)31(29-15)22-27-28-23(30(22)24)34-14-20(32)26-19-11-7-6-10-18(19)21(33)25-13-17-8-4-3-5-9-17/h3-12H,13-14,24H2,1-2H3,(H,25,33)(H,26,32). The molecule has 0 atom stereocenters. The number of para-hydroxylation sites is 1. The first kappa shape index (κ1) is 23.1. The smallest absolute Gasteiger partial charge is 0.271 e. The van der Waals surface area contributed by atoms with E-state index in [0.717, 1.165) is 28.7 Å². The Labute approximate surface area is 200 Å². The number of rotatable bonds is 8. The summed E-state index contributed by atoms with van der Waals surface area (Å²) in [5.74, 6) is 5.94. The first-order valence-electron chi connectivity index (χ1n) is 10.5. The third-order valence-electron chi connectivity index (χ3n) is 4.92. The Morgan fingerprint density at radius 1 is 1.03 bits per heavy atom. The lowest BCUT2D eigenvalue weighted by atomic mass is 10.1. The molecular formula is C23H24N8O2S. The number of carbonyl (C=O) groups is 2. The summed E-state index contributed by atoms with van der Waals surface area (Å²) in [6, 6.07) is 18.4. The molecule has 0 fully saturated rings. The number of thioether (sulfide) groups is 1. The highest BCUT2D eigenvalue weighted by atomic mass is 32.2. The van der Waals surface area contributed by atoms with Crippen molar-refractivity contribution in [3.8, 4) is 5.95 Å². The van der Waals surface area contributed by atoms with E-state index >= 15 is 0 Å². The Hall–Kier alpha value is -4.12. The minimum absolute atomic E-state index is 0.0341. The molecule has 0 aliphatic rings. The number of nitrogens with zero attached hydrogens (tertiary/aromatic N) is 5. The summed E-state index contributed by atoms with van der Waals surface area (Å²) in [5.41, 5.74) is 3.50. The topological polar surface area (TPSA) is 133 Å². The van der Waals surface area contributed by atoms with Gasteiger partial charge < -0.3 is 16.5 Å². The zero-order chi connectivity index (χ0) is 24.1. The molecule has 4 rings (SSSR count). The maximum absolute atomic E-state index is 12.7. The zero-order valence-corrected chi connectivity index (χ0v) is 19.5. The molecule has 11 heteroatoms. The molecule has 0 radical (unpaired) electrons. The van der Waals surface area contributed by atoms with Gasteiger partial charge in [-0.15, -0.1) is 10.2 Å². The van der Waals surface area contributed by atoms with Gasteiger partial charge >= 0.3 is 0 Å². The first-order chi connectivity index (χ1) is 16.4. The number of nitrogens with one attached hydrogen (secondary N) is 2. The summed E-state index contributed by atoms with van der Waals surface area (Å²) in [7, 11) is 0. The molecule has 2 aromatic heterocycles. The third-order valence-corrected chi connectivity index (χ3v) is 5.86. The predicted molar refractivity (Wildman–Crippen MR) is 130 cm³/mol. The molecule has 0 saturated heterocycles. The fraction of sp³-hybridized carbons (Fsp3) is 0.174. The van der Waals surface area contributed by atoms with Gasteiger partial charge in [-0.3, -0.25) is 9.59 Å². The van der Waals surface area contributed by atoms with E-state index in [-0.39, 0.29) is 17.6 Å². The van der Waals surface area contributed by atoms with Crippen molar-refractivity contribution in [3.05, 3.63) is 83.2 Å². The summed E-state index contributed by atoms with van der Waals surface area (Å²) >= 11 is 1.13. The van der Waals surface area contributed by atoms with Crippen molar-refractivity contribution in [1.29, 1.82) is 0 Å². The van der Waals surface area contributed by atoms with Crippen LogP contribution in [0.4, 0.5) is 5.69 Å². The largest absolute Gasteiger partial charge is 0.348 e. The Balaban J connectivity index is 1.38. The lowest BCUT2D eigenvalue weighted by molar-refractivity contribution is -0.113. The van der Waals surface area contributed by atoms with Crippen LogP contribution >= 0.6 is 11.8 Å². The van der Waals surface area contributed by atoms with Gasteiger partial charge in [0.1, 0.15) is 0 Å². The van der Waals surface area contributed by atoms with Gasteiger partial charge in [0.2, 0.25) is 11.1 Å². The van der Waals surface area contributed by atoms with Gasteiger partial charge in [0, 0.05) is 12.2 Å². The van der Waals surface area contributed by atoms with Gasteiger partial charge in [-0.2, -0.15) is 5.10 Å². The van der Waals surface area contributed by atoms with Gasteiger partial charge in [-0.25, -0.2) is 9.36 Å². The van der Waals surface area contributed by atoms with Crippen molar-refractivity contribution in [2.24, 2.45) is 0 Å². The molecule has 2 heterocycles. The number of benzene rings is 2. The van der Waals surface area contributed by atoms with E-state index in [1.165, 1.54) is 4.68 Å². The van der Waals surface area contributed by atoms with E-state index in [1.54, 1.807) is 28.9 Å². The molecular weight excluding hydrogens is 452 g/mol. The normalized spacial score (nSPS) is 10.8. The van der Waals surface area contributed by atoms with Crippen molar-refractivity contribution >= 4 is 29.3 Å². The highest BCUT2D eigenvalue weighted by molar-refractivity contribution is 7.99. The Morgan fingerprint density at radius 3 is 2.50 bits per heavy atom. The lowest BCUT2D eigenvalue weighted by Crippen LogP contribution is -2.25. The van der Waals surface area contributed by atoms with E-state index in [0.29, 0.717) is 28.9 Å². The molecule has 174 valence electrons. The fourth-order valence-corrected chi connectivity index (χ4v) is 3.98. The van der Waals surface area contributed by atoms with Crippen LogP contribution in [0.25, 0.3) is 5.95 Å². The summed E-state index contributed by atoms with van der Waals surface area (Å²) in [4.78, 5) is 25.3. The molecule has 34 heavy (non-hydrogen) atoms. The minimum atomic E-state index is -0.302. The summed E-state index contributed by atoms with van der Waals surface area (Å²) in [6.45, 7) is 4.16.